The number of fused-ring (bicyclic) bond motifs is 1. The normalized spacial score (nSPS) is 10.8. The number of hydrogen-bond donors (Lipinski definition) is 1. The summed E-state index contributed by atoms with van der Waals surface area (Å²) in [6.07, 6.45) is 0. The van der Waals surface area contributed by atoms with E-state index in [1.807, 2.05) is 0 Å². The highest BCUT2D eigenvalue weighted by atomic mass is 19.1. The number of nitrogens with zero attached hydrogens (tertiary/aromatic N) is 1. The SMILES string of the molecule is COc1cccc2cc(C(=O)NCc3cc(-c4ccc(F)cc4)on3)c(=O)oc12. The Labute approximate surface area is 163 Å². The Kier molecular flexibility index (Phi) is 4.82. The highest BCUT2D eigenvalue weighted by Gasteiger charge is 2.16. The van der Waals surface area contributed by atoms with Crippen LogP contribution in [-0.2, 0) is 6.54 Å². The summed E-state index contributed by atoms with van der Waals surface area (Å²) < 4.78 is 28.6. The minimum Gasteiger partial charge on any atom is -0.493 e. The highest BCUT2D eigenvalue weighted by molar-refractivity contribution is 5.97. The topological polar surface area (TPSA) is 94.6 Å². The molecule has 146 valence electrons. The number of ether oxygens (including phenoxy) is 1. The lowest BCUT2D eigenvalue weighted by molar-refractivity contribution is 0.0946. The lowest BCUT2D eigenvalue weighted by Crippen LogP contribution is -2.28. The van der Waals surface area contributed by atoms with Crippen LogP contribution in [0.4, 0.5) is 4.39 Å². The molecular weight excluding hydrogens is 379 g/mol. The second-order valence-corrected chi connectivity index (χ2v) is 6.20. The Morgan fingerprint density at radius 1 is 1.17 bits per heavy atom. The van der Waals surface area contributed by atoms with E-state index >= 15 is 0 Å². The quantitative estimate of drug-likeness (QED) is 0.521. The van der Waals surface area contributed by atoms with Gasteiger partial charge in [0, 0.05) is 17.0 Å². The maximum atomic E-state index is 13.0. The molecule has 2 aromatic carbocycles. The van der Waals surface area contributed by atoms with Crippen molar-refractivity contribution in [1.29, 1.82) is 0 Å². The van der Waals surface area contributed by atoms with Gasteiger partial charge in [0.15, 0.2) is 17.1 Å². The molecule has 0 aliphatic heterocycles. The van der Waals surface area contributed by atoms with Gasteiger partial charge in [0.25, 0.3) is 5.91 Å². The average molecular weight is 394 g/mol. The third-order valence-electron chi connectivity index (χ3n) is 4.31. The van der Waals surface area contributed by atoms with Gasteiger partial charge in [-0.1, -0.05) is 17.3 Å². The summed E-state index contributed by atoms with van der Waals surface area (Å²) >= 11 is 0. The zero-order chi connectivity index (χ0) is 20.4. The van der Waals surface area contributed by atoms with E-state index in [9.17, 15) is 14.0 Å². The Morgan fingerprint density at radius 3 is 2.72 bits per heavy atom. The zero-order valence-electron chi connectivity index (χ0n) is 15.3. The van der Waals surface area contributed by atoms with Crippen LogP contribution in [0.3, 0.4) is 0 Å². The molecule has 0 aliphatic rings. The van der Waals surface area contributed by atoms with Crippen LogP contribution in [0.5, 0.6) is 5.75 Å². The number of methoxy groups -OCH3 is 1. The fourth-order valence-corrected chi connectivity index (χ4v) is 2.85. The van der Waals surface area contributed by atoms with E-state index < -0.39 is 11.5 Å². The van der Waals surface area contributed by atoms with Crippen molar-refractivity contribution in [3.05, 3.63) is 82.1 Å². The van der Waals surface area contributed by atoms with Gasteiger partial charge in [0.05, 0.1) is 13.7 Å². The Bertz CT molecular complexity index is 1240. The van der Waals surface area contributed by atoms with Gasteiger partial charge in [-0.15, -0.1) is 0 Å². The first-order valence-electron chi connectivity index (χ1n) is 8.66. The molecule has 2 heterocycles. The van der Waals surface area contributed by atoms with Crippen molar-refractivity contribution in [2.45, 2.75) is 6.54 Å². The maximum absolute atomic E-state index is 13.0. The summed E-state index contributed by atoms with van der Waals surface area (Å²) in [5.74, 6) is -0.114. The van der Waals surface area contributed by atoms with E-state index in [2.05, 4.69) is 10.5 Å². The van der Waals surface area contributed by atoms with Crippen molar-refractivity contribution in [2.24, 2.45) is 0 Å². The number of hydrogen-bond acceptors (Lipinski definition) is 6. The summed E-state index contributed by atoms with van der Waals surface area (Å²) in [6.45, 7) is 0.0408. The van der Waals surface area contributed by atoms with Crippen LogP contribution in [0.15, 0.2) is 68.3 Å². The van der Waals surface area contributed by atoms with Gasteiger partial charge in [-0.3, -0.25) is 4.79 Å². The smallest absolute Gasteiger partial charge is 0.349 e. The first-order chi connectivity index (χ1) is 14.0. The highest BCUT2D eigenvalue weighted by Crippen LogP contribution is 2.24. The van der Waals surface area contributed by atoms with Gasteiger partial charge >= 0.3 is 5.63 Å². The number of carbonyl (C=O) groups is 1. The monoisotopic (exact) mass is 394 g/mol. The van der Waals surface area contributed by atoms with Gasteiger partial charge in [-0.05, 0) is 36.4 Å². The van der Waals surface area contributed by atoms with E-state index in [1.54, 1.807) is 36.4 Å². The van der Waals surface area contributed by atoms with Crippen LogP contribution in [0.25, 0.3) is 22.3 Å². The lowest BCUT2D eigenvalue weighted by atomic mass is 10.1. The van der Waals surface area contributed by atoms with Gasteiger partial charge in [0.1, 0.15) is 17.1 Å². The molecule has 0 spiro atoms. The van der Waals surface area contributed by atoms with Crippen molar-refractivity contribution in [1.82, 2.24) is 10.5 Å². The number of carbonyl (C=O) groups excluding carboxylic acids is 1. The van der Waals surface area contributed by atoms with Crippen molar-refractivity contribution in [2.75, 3.05) is 7.11 Å². The van der Waals surface area contributed by atoms with Crippen molar-refractivity contribution < 1.29 is 22.9 Å². The second-order valence-electron chi connectivity index (χ2n) is 6.20. The van der Waals surface area contributed by atoms with Crippen LogP contribution in [-0.4, -0.2) is 18.2 Å². The molecule has 2 aromatic heterocycles. The molecule has 4 rings (SSSR count). The number of amides is 1. The Balaban J connectivity index is 1.51. The van der Waals surface area contributed by atoms with E-state index in [-0.39, 0.29) is 23.5 Å². The molecule has 1 amide bonds. The minimum atomic E-state index is -0.772. The molecule has 0 atom stereocenters. The number of nitrogens with one attached hydrogen (secondary N) is 1. The molecule has 0 bridgehead atoms. The molecule has 0 radical (unpaired) electrons. The van der Waals surface area contributed by atoms with E-state index in [0.29, 0.717) is 28.2 Å². The molecule has 4 aromatic rings. The second kappa shape index (κ2) is 7.59. The van der Waals surface area contributed by atoms with Gasteiger partial charge in [-0.25, -0.2) is 9.18 Å². The van der Waals surface area contributed by atoms with Crippen LogP contribution in [0.2, 0.25) is 0 Å². The largest absolute Gasteiger partial charge is 0.493 e. The number of rotatable bonds is 5. The fourth-order valence-electron chi connectivity index (χ4n) is 2.85. The summed E-state index contributed by atoms with van der Waals surface area (Å²) in [4.78, 5) is 24.7. The first-order valence-corrected chi connectivity index (χ1v) is 8.66. The number of aromatic nitrogens is 1. The Morgan fingerprint density at radius 2 is 1.97 bits per heavy atom. The Hall–Kier alpha value is -3.94. The van der Waals surface area contributed by atoms with Crippen LogP contribution in [0, 0.1) is 5.82 Å². The summed E-state index contributed by atoms with van der Waals surface area (Å²) in [5, 5.41) is 7.05. The predicted octanol–water partition coefficient (Wildman–Crippen LogP) is 3.53. The summed E-state index contributed by atoms with van der Waals surface area (Å²) in [5.41, 5.74) is 0.474. The van der Waals surface area contributed by atoms with Gasteiger partial charge in [0.2, 0.25) is 0 Å². The molecular formula is C21H15FN2O5. The standard InChI is InChI=1S/C21H15FN2O5/c1-27-17-4-2-3-13-9-16(21(26)28-19(13)17)20(25)23-11-15-10-18(29-24-15)12-5-7-14(22)8-6-12/h2-10H,11H2,1H3,(H,23,25). The maximum Gasteiger partial charge on any atom is 0.349 e. The number of para-hydroxylation sites is 1. The van der Waals surface area contributed by atoms with Crippen molar-refractivity contribution in [3.63, 3.8) is 0 Å². The summed E-state index contributed by atoms with van der Waals surface area (Å²) in [6, 6.07) is 13.9. The molecule has 29 heavy (non-hydrogen) atoms. The fraction of sp³-hybridized carbons (Fsp3) is 0.0952. The molecule has 0 saturated heterocycles. The first kappa shape index (κ1) is 18.4. The van der Waals surface area contributed by atoms with Crippen molar-refractivity contribution >= 4 is 16.9 Å². The summed E-state index contributed by atoms with van der Waals surface area (Å²) in [7, 11) is 1.47. The van der Waals surface area contributed by atoms with Crippen LogP contribution < -0.4 is 15.7 Å². The molecule has 1 N–H and O–H groups in total. The predicted molar refractivity (Wildman–Crippen MR) is 102 cm³/mol. The van der Waals surface area contributed by atoms with Crippen LogP contribution in [0.1, 0.15) is 16.1 Å². The number of benzene rings is 2. The van der Waals surface area contributed by atoms with Crippen molar-refractivity contribution in [3.8, 4) is 17.1 Å². The third kappa shape index (κ3) is 3.73. The van der Waals surface area contributed by atoms with Gasteiger partial charge < -0.3 is 19.0 Å². The van der Waals surface area contributed by atoms with E-state index in [4.69, 9.17) is 13.7 Å². The van der Waals surface area contributed by atoms with E-state index in [0.717, 1.165) is 0 Å². The molecule has 8 heteroatoms. The zero-order valence-corrected chi connectivity index (χ0v) is 15.3. The molecule has 0 aliphatic carbocycles. The molecule has 0 unspecified atom stereocenters. The molecule has 0 saturated carbocycles. The van der Waals surface area contributed by atoms with Crippen LogP contribution >= 0.6 is 0 Å². The molecule has 7 nitrogen and oxygen atoms in total. The minimum absolute atomic E-state index is 0.0408. The lowest BCUT2D eigenvalue weighted by Gasteiger charge is -2.06. The average Bonchev–Trinajstić information content (AvgIpc) is 3.20. The molecule has 0 fully saturated rings. The van der Waals surface area contributed by atoms with E-state index in [1.165, 1.54) is 25.3 Å². The van der Waals surface area contributed by atoms with Gasteiger partial charge in [-0.2, -0.15) is 0 Å². The number of halogens is 1. The third-order valence-corrected chi connectivity index (χ3v) is 4.31.